The van der Waals surface area contributed by atoms with Crippen LogP contribution in [-0.2, 0) is 21.3 Å². The van der Waals surface area contributed by atoms with Crippen molar-refractivity contribution >= 4 is 42.6 Å². The van der Waals surface area contributed by atoms with E-state index in [0.717, 1.165) is 10.3 Å². The van der Waals surface area contributed by atoms with Gasteiger partial charge in [-0.25, -0.2) is 13.4 Å². The zero-order chi connectivity index (χ0) is 25.4. The molecule has 0 N–H and O–H groups in total. The average molecular weight is 539 g/mol. The number of carbonyl (C=O) groups excluding carboxylic acids is 1. The van der Waals surface area contributed by atoms with Crippen molar-refractivity contribution in [2.45, 2.75) is 11.4 Å². The summed E-state index contributed by atoms with van der Waals surface area (Å²) < 4.78 is 44.4. The molecule has 4 heterocycles. The largest absolute Gasteiger partial charge is 0.454 e. The highest BCUT2D eigenvalue weighted by atomic mass is 32.2. The molecule has 4 aromatic rings. The molecule has 0 aliphatic carbocycles. The minimum absolute atomic E-state index is 0.138. The molecule has 0 bridgehead atoms. The van der Waals surface area contributed by atoms with Crippen LogP contribution in [0.4, 0.5) is 5.13 Å². The second-order valence-corrected chi connectivity index (χ2v) is 11.4. The van der Waals surface area contributed by atoms with Gasteiger partial charge in [0, 0.05) is 43.2 Å². The highest BCUT2D eigenvalue weighted by Gasteiger charge is 2.28. The molecule has 2 aromatic carbocycles. The number of thiazole rings is 1. The summed E-state index contributed by atoms with van der Waals surface area (Å²) in [6.07, 6.45) is 3.37. The number of nitrogens with zero attached hydrogens (tertiary/aromatic N) is 4. The summed E-state index contributed by atoms with van der Waals surface area (Å²) in [5.41, 5.74) is 1.87. The maximum atomic E-state index is 13.7. The SMILES string of the molecule is O=C(c1ccc(S(=O)(=O)N2CCOCC2)cc1)N(Cc1cccnc1)c1nc2cc3c(cc2s1)OCO3. The van der Waals surface area contributed by atoms with E-state index in [1.807, 2.05) is 12.1 Å². The van der Waals surface area contributed by atoms with E-state index in [2.05, 4.69) is 4.98 Å². The molecule has 2 aromatic heterocycles. The third kappa shape index (κ3) is 4.64. The van der Waals surface area contributed by atoms with Gasteiger partial charge in [0.15, 0.2) is 16.6 Å². The Kier molecular flexibility index (Phi) is 6.24. The summed E-state index contributed by atoms with van der Waals surface area (Å²) in [5.74, 6) is 0.953. The molecule has 2 aliphatic heterocycles. The Morgan fingerprint density at radius 3 is 2.54 bits per heavy atom. The van der Waals surface area contributed by atoms with Crippen LogP contribution in [0.25, 0.3) is 10.2 Å². The molecule has 2 aliphatic rings. The van der Waals surface area contributed by atoms with Crippen molar-refractivity contribution in [2.75, 3.05) is 38.0 Å². The van der Waals surface area contributed by atoms with E-state index in [9.17, 15) is 13.2 Å². The first kappa shape index (κ1) is 23.8. The number of aromatic nitrogens is 2. The van der Waals surface area contributed by atoms with Crippen LogP contribution in [0.2, 0.25) is 0 Å². The fourth-order valence-electron chi connectivity index (χ4n) is 4.18. The Labute approximate surface area is 217 Å². The Morgan fingerprint density at radius 1 is 1.05 bits per heavy atom. The summed E-state index contributed by atoms with van der Waals surface area (Å²) in [5, 5.41) is 0.498. The molecule has 190 valence electrons. The van der Waals surface area contributed by atoms with E-state index in [1.54, 1.807) is 29.4 Å². The van der Waals surface area contributed by atoms with Gasteiger partial charge in [-0.1, -0.05) is 17.4 Å². The lowest BCUT2D eigenvalue weighted by molar-refractivity contribution is 0.0730. The molecule has 0 spiro atoms. The van der Waals surface area contributed by atoms with Crippen LogP contribution in [0.5, 0.6) is 11.5 Å². The molecule has 1 fully saturated rings. The lowest BCUT2D eigenvalue weighted by Gasteiger charge is -2.26. The fraction of sp³-hybridized carbons (Fsp3) is 0.240. The van der Waals surface area contributed by atoms with Crippen molar-refractivity contribution < 1.29 is 27.4 Å². The van der Waals surface area contributed by atoms with Gasteiger partial charge in [-0.05, 0) is 35.9 Å². The van der Waals surface area contributed by atoms with Gasteiger partial charge in [-0.15, -0.1) is 0 Å². The van der Waals surface area contributed by atoms with E-state index < -0.39 is 10.0 Å². The van der Waals surface area contributed by atoms with Crippen LogP contribution in [0.1, 0.15) is 15.9 Å². The van der Waals surface area contributed by atoms with Gasteiger partial charge in [0.25, 0.3) is 5.91 Å². The number of carbonyl (C=O) groups is 1. The lowest BCUT2D eigenvalue weighted by Crippen LogP contribution is -2.40. The monoisotopic (exact) mass is 538 g/mol. The highest BCUT2D eigenvalue weighted by molar-refractivity contribution is 7.89. The standard InChI is InChI=1S/C25H22N4O6S2/c30-24(18-3-5-19(6-4-18)37(31,32)28-8-10-33-11-9-28)29(15-17-2-1-7-26-14-17)25-27-20-12-21-22(35-16-34-21)13-23(20)36-25/h1-7,12-14H,8-11,15-16H2. The zero-order valence-corrected chi connectivity index (χ0v) is 21.2. The molecule has 1 amide bonds. The van der Waals surface area contributed by atoms with Gasteiger partial charge >= 0.3 is 0 Å². The van der Waals surface area contributed by atoms with Gasteiger partial charge in [0.05, 0.1) is 34.9 Å². The number of rotatable bonds is 6. The minimum Gasteiger partial charge on any atom is -0.454 e. The number of sulfonamides is 1. The van der Waals surface area contributed by atoms with E-state index >= 15 is 0 Å². The first-order valence-corrected chi connectivity index (χ1v) is 13.8. The van der Waals surface area contributed by atoms with Crippen molar-refractivity contribution in [3.05, 3.63) is 72.1 Å². The quantitative estimate of drug-likeness (QED) is 0.368. The van der Waals surface area contributed by atoms with Crippen molar-refractivity contribution in [1.82, 2.24) is 14.3 Å². The number of morpholine rings is 1. The van der Waals surface area contributed by atoms with Gasteiger partial charge in [0.1, 0.15) is 0 Å². The molecular weight excluding hydrogens is 516 g/mol. The maximum Gasteiger partial charge on any atom is 0.260 e. The molecule has 0 atom stereocenters. The first-order valence-electron chi connectivity index (χ1n) is 11.6. The number of hydrogen-bond donors (Lipinski definition) is 0. The minimum atomic E-state index is -3.66. The molecule has 0 radical (unpaired) electrons. The molecule has 0 saturated carbocycles. The molecule has 37 heavy (non-hydrogen) atoms. The Hall–Kier alpha value is -3.58. The van der Waals surface area contributed by atoms with E-state index in [-0.39, 0.29) is 24.1 Å². The van der Waals surface area contributed by atoms with Crippen molar-refractivity contribution in [3.63, 3.8) is 0 Å². The maximum absolute atomic E-state index is 13.7. The number of ether oxygens (including phenoxy) is 3. The Bertz CT molecular complexity index is 1510. The number of benzene rings is 2. The van der Waals surface area contributed by atoms with Crippen LogP contribution in [0.15, 0.2) is 65.8 Å². The average Bonchev–Trinajstić information content (AvgIpc) is 3.57. The van der Waals surface area contributed by atoms with Crippen LogP contribution < -0.4 is 14.4 Å². The van der Waals surface area contributed by atoms with Crippen molar-refractivity contribution in [1.29, 1.82) is 0 Å². The van der Waals surface area contributed by atoms with E-state index in [1.165, 1.54) is 39.9 Å². The van der Waals surface area contributed by atoms with Crippen molar-refractivity contribution in [3.8, 4) is 11.5 Å². The third-order valence-electron chi connectivity index (χ3n) is 6.12. The molecule has 0 unspecified atom stereocenters. The van der Waals surface area contributed by atoms with Gasteiger partial charge in [0.2, 0.25) is 16.8 Å². The second-order valence-electron chi connectivity index (χ2n) is 8.46. The summed E-state index contributed by atoms with van der Waals surface area (Å²) in [4.78, 5) is 24.3. The van der Waals surface area contributed by atoms with Gasteiger partial charge < -0.3 is 14.2 Å². The van der Waals surface area contributed by atoms with Crippen LogP contribution >= 0.6 is 11.3 Å². The van der Waals surface area contributed by atoms with Crippen molar-refractivity contribution in [2.24, 2.45) is 0 Å². The topological polar surface area (TPSA) is 111 Å². The summed E-state index contributed by atoms with van der Waals surface area (Å²) in [6, 6.07) is 13.4. The third-order valence-corrected chi connectivity index (χ3v) is 9.07. The number of fused-ring (bicyclic) bond motifs is 2. The summed E-state index contributed by atoms with van der Waals surface area (Å²) in [6.45, 7) is 1.75. The molecule has 6 rings (SSSR count). The Morgan fingerprint density at radius 2 is 1.81 bits per heavy atom. The summed E-state index contributed by atoms with van der Waals surface area (Å²) >= 11 is 1.36. The predicted octanol–water partition coefficient (Wildman–Crippen LogP) is 3.29. The van der Waals surface area contributed by atoms with E-state index in [4.69, 9.17) is 19.2 Å². The molecule has 1 saturated heterocycles. The number of amides is 1. The second kappa shape index (κ2) is 9.71. The van der Waals surface area contributed by atoms with Gasteiger partial charge in [-0.2, -0.15) is 4.31 Å². The molecular formula is C25H22N4O6S2. The van der Waals surface area contributed by atoms with Crippen LogP contribution in [0, 0.1) is 0 Å². The van der Waals surface area contributed by atoms with Gasteiger partial charge in [-0.3, -0.25) is 14.7 Å². The summed E-state index contributed by atoms with van der Waals surface area (Å²) in [7, 11) is -3.66. The number of hydrogen-bond acceptors (Lipinski definition) is 9. The molecule has 12 heteroatoms. The number of pyridine rings is 1. The van der Waals surface area contributed by atoms with Crippen LogP contribution in [-0.4, -0.2) is 61.7 Å². The normalized spacial score (nSPS) is 15.7. The van der Waals surface area contributed by atoms with E-state index in [0.29, 0.717) is 54.0 Å². The highest BCUT2D eigenvalue weighted by Crippen LogP contribution is 2.40. The fourth-order valence-corrected chi connectivity index (χ4v) is 6.56. The first-order chi connectivity index (χ1) is 18.0. The molecule has 10 nitrogen and oxygen atoms in total. The zero-order valence-electron chi connectivity index (χ0n) is 19.6. The smallest absolute Gasteiger partial charge is 0.260 e. The van der Waals surface area contributed by atoms with Crippen LogP contribution in [0.3, 0.4) is 0 Å². The lowest BCUT2D eigenvalue weighted by atomic mass is 10.2. The Balaban J connectivity index is 1.33. The predicted molar refractivity (Wildman–Crippen MR) is 137 cm³/mol. The number of anilines is 1.